The van der Waals surface area contributed by atoms with Gasteiger partial charge in [0.15, 0.2) is 0 Å². The molecule has 3 heteroatoms. The topological polar surface area (TPSA) is 49.3 Å². The van der Waals surface area contributed by atoms with Crippen LogP contribution in [0, 0.1) is 0 Å². The predicted molar refractivity (Wildman–Crippen MR) is 105 cm³/mol. The predicted octanol–water partition coefficient (Wildman–Crippen LogP) is 7.07. The molecule has 0 radical (unpaired) electrons. The number of nitrogens with one attached hydrogen (secondary N) is 1. The summed E-state index contributed by atoms with van der Waals surface area (Å²) in [4.78, 5) is 10.3. The Kier molecular flexibility index (Phi) is 19.2. The van der Waals surface area contributed by atoms with Crippen LogP contribution in [0.25, 0.3) is 0 Å². The first-order valence-corrected chi connectivity index (χ1v) is 10.4. The van der Waals surface area contributed by atoms with E-state index in [1.54, 1.807) is 0 Å². The summed E-state index contributed by atoms with van der Waals surface area (Å²) in [6.07, 6.45) is 24.7. The summed E-state index contributed by atoms with van der Waals surface area (Å²) >= 11 is 0. The zero-order chi connectivity index (χ0) is 17.7. The van der Waals surface area contributed by atoms with Gasteiger partial charge in [-0.1, -0.05) is 89.7 Å². The van der Waals surface area contributed by atoms with Crippen LogP contribution < -0.4 is 5.32 Å². The molecule has 0 aliphatic rings. The Labute approximate surface area is 150 Å². The van der Waals surface area contributed by atoms with Gasteiger partial charge in [0.1, 0.15) is 0 Å². The molecule has 1 amide bonds. The Morgan fingerprint density at radius 1 is 0.708 bits per heavy atom. The molecule has 0 heterocycles. The van der Waals surface area contributed by atoms with Crippen LogP contribution in [0.1, 0.15) is 110 Å². The number of carbonyl (C=O) groups is 1. The lowest BCUT2D eigenvalue weighted by atomic mass is 10.1. The van der Waals surface area contributed by atoms with Gasteiger partial charge in [-0.15, -0.1) is 0 Å². The first-order valence-electron chi connectivity index (χ1n) is 10.4. The van der Waals surface area contributed by atoms with Gasteiger partial charge in [0.2, 0.25) is 0 Å². The molecule has 0 aliphatic heterocycles. The summed E-state index contributed by atoms with van der Waals surface area (Å²) in [5.74, 6) is 0. The summed E-state index contributed by atoms with van der Waals surface area (Å²) < 4.78 is 0. The molecule has 0 spiro atoms. The molecule has 0 aromatic carbocycles. The zero-order valence-electron chi connectivity index (χ0n) is 16.0. The highest BCUT2D eigenvalue weighted by molar-refractivity contribution is 5.64. The molecule has 0 unspecified atom stereocenters. The van der Waals surface area contributed by atoms with Crippen molar-refractivity contribution in [2.45, 2.75) is 110 Å². The minimum atomic E-state index is -0.906. The molecular weight excluding hydrogens is 298 g/mol. The molecule has 0 fully saturated rings. The fourth-order valence-corrected chi connectivity index (χ4v) is 2.92. The van der Waals surface area contributed by atoms with Gasteiger partial charge < -0.3 is 10.4 Å². The van der Waals surface area contributed by atoms with E-state index in [0.29, 0.717) is 6.54 Å². The van der Waals surface area contributed by atoms with Gasteiger partial charge in [0.25, 0.3) is 0 Å². The molecule has 0 rings (SSSR count). The van der Waals surface area contributed by atoms with E-state index in [0.717, 1.165) is 12.8 Å². The van der Waals surface area contributed by atoms with E-state index in [1.165, 1.54) is 89.9 Å². The van der Waals surface area contributed by atoms with Gasteiger partial charge in [-0.2, -0.15) is 0 Å². The van der Waals surface area contributed by atoms with Gasteiger partial charge in [-0.3, -0.25) is 0 Å². The van der Waals surface area contributed by atoms with Gasteiger partial charge in [0.05, 0.1) is 0 Å². The summed E-state index contributed by atoms with van der Waals surface area (Å²) in [6.45, 7) is 2.87. The molecule has 0 saturated carbocycles. The van der Waals surface area contributed by atoms with Crippen molar-refractivity contribution in [1.82, 2.24) is 5.32 Å². The van der Waals surface area contributed by atoms with Crippen LogP contribution in [0.4, 0.5) is 4.79 Å². The standard InChI is InChI=1S/C21H41NO2/c1-2-3-4-5-6-7-8-9-10-11-12-13-14-15-16-17-18-19-20-22-21(23)24/h9-10,22H,2-8,11-20H2,1H3,(H,23,24)/b10-9+. The molecule has 0 atom stereocenters. The highest BCUT2D eigenvalue weighted by Crippen LogP contribution is 2.11. The van der Waals surface area contributed by atoms with Crippen molar-refractivity contribution in [2.24, 2.45) is 0 Å². The maximum absolute atomic E-state index is 10.3. The molecule has 0 saturated heterocycles. The SMILES string of the molecule is CCCCCCCC/C=C/CCCCCCCCCCNC(=O)O. The van der Waals surface area contributed by atoms with Crippen LogP contribution in [0.15, 0.2) is 12.2 Å². The fourth-order valence-electron chi connectivity index (χ4n) is 2.92. The van der Waals surface area contributed by atoms with Crippen LogP contribution in [0.3, 0.4) is 0 Å². The Hall–Kier alpha value is -0.990. The van der Waals surface area contributed by atoms with E-state index in [1.807, 2.05) is 0 Å². The molecule has 0 bridgehead atoms. The number of hydrogen-bond donors (Lipinski definition) is 2. The highest BCUT2D eigenvalue weighted by atomic mass is 16.4. The van der Waals surface area contributed by atoms with E-state index >= 15 is 0 Å². The summed E-state index contributed by atoms with van der Waals surface area (Å²) in [7, 11) is 0. The van der Waals surface area contributed by atoms with Crippen LogP contribution in [0.2, 0.25) is 0 Å². The van der Waals surface area contributed by atoms with Crippen LogP contribution in [-0.4, -0.2) is 17.7 Å². The van der Waals surface area contributed by atoms with Crippen LogP contribution >= 0.6 is 0 Å². The Morgan fingerprint density at radius 3 is 1.58 bits per heavy atom. The zero-order valence-corrected chi connectivity index (χ0v) is 16.0. The molecule has 0 aromatic heterocycles. The van der Waals surface area contributed by atoms with Crippen molar-refractivity contribution in [3.8, 4) is 0 Å². The third-order valence-corrected chi connectivity index (χ3v) is 4.46. The summed E-state index contributed by atoms with van der Waals surface area (Å²) in [5, 5.41) is 10.9. The second-order valence-corrected chi connectivity index (χ2v) is 6.88. The van der Waals surface area contributed by atoms with Crippen molar-refractivity contribution in [1.29, 1.82) is 0 Å². The van der Waals surface area contributed by atoms with Crippen molar-refractivity contribution in [3.05, 3.63) is 12.2 Å². The summed E-state index contributed by atoms with van der Waals surface area (Å²) in [6, 6.07) is 0. The number of unbranched alkanes of at least 4 members (excludes halogenated alkanes) is 14. The van der Waals surface area contributed by atoms with Gasteiger partial charge in [-0.25, -0.2) is 4.79 Å². The first kappa shape index (κ1) is 23.0. The van der Waals surface area contributed by atoms with Gasteiger partial charge in [0, 0.05) is 6.54 Å². The third-order valence-electron chi connectivity index (χ3n) is 4.46. The number of rotatable bonds is 18. The lowest BCUT2D eigenvalue weighted by Crippen LogP contribution is -2.21. The highest BCUT2D eigenvalue weighted by Gasteiger charge is 1.94. The second kappa shape index (κ2) is 20.1. The van der Waals surface area contributed by atoms with E-state index in [2.05, 4.69) is 24.4 Å². The number of carboxylic acid groups (broad SMARTS) is 1. The quantitative estimate of drug-likeness (QED) is 0.207. The molecule has 3 nitrogen and oxygen atoms in total. The molecular formula is C21H41NO2. The fraction of sp³-hybridized carbons (Fsp3) is 0.857. The number of amides is 1. The molecule has 2 N–H and O–H groups in total. The van der Waals surface area contributed by atoms with Crippen molar-refractivity contribution < 1.29 is 9.90 Å². The van der Waals surface area contributed by atoms with E-state index in [4.69, 9.17) is 5.11 Å². The van der Waals surface area contributed by atoms with E-state index in [-0.39, 0.29) is 0 Å². The van der Waals surface area contributed by atoms with Gasteiger partial charge >= 0.3 is 6.09 Å². The number of hydrogen-bond acceptors (Lipinski definition) is 1. The normalized spacial score (nSPS) is 11.2. The Bertz CT molecular complexity index is 290. The third kappa shape index (κ3) is 21.0. The first-order chi connectivity index (χ1) is 11.8. The smallest absolute Gasteiger partial charge is 0.404 e. The molecule has 0 aliphatic carbocycles. The minimum Gasteiger partial charge on any atom is -0.465 e. The maximum atomic E-state index is 10.3. The van der Waals surface area contributed by atoms with E-state index < -0.39 is 6.09 Å². The van der Waals surface area contributed by atoms with Crippen molar-refractivity contribution in [3.63, 3.8) is 0 Å². The van der Waals surface area contributed by atoms with Crippen LogP contribution in [-0.2, 0) is 0 Å². The molecule has 0 aromatic rings. The Morgan fingerprint density at radius 2 is 1.12 bits per heavy atom. The Balaban J connectivity index is 3.06. The minimum absolute atomic E-state index is 0.598. The average Bonchev–Trinajstić information content (AvgIpc) is 2.56. The van der Waals surface area contributed by atoms with Crippen molar-refractivity contribution in [2.75, 3.05) is 6.54 Å². The lowest BCUT2D eigenvalue weighted by molar-refractivity contribution is 0.194. The summed E-state index contributed by atoms with van der Waals surface area (Å²) in [5.41, 5.74) is 0. The molecule has 142 valence electrons. The van der Waals surface area contributed by atoms with Crippen molar-refractivity contribution >= 4 is 6.09 Å². The monoisotopic (exact) mass is 339 g/mol. The van der Waals surface area contributed by atoms with Gasteiger partial charge in [-0.05, 0) is 32.1 Å². The largest absolute Gasteiger partial charge is 0.465 e. The molecule has 24 heavy (non-hydrogen) atoms. The average molecular weight is 340 g/mol. The maximum Gasteiger partial charge on any atom is 0.404 e. The van der Waals surface area contributed by atoms with E-state index in [9.17, 15) is 4.79 Å². The second-order valence-electron chi connectivity index (χ2n) is 6.88. The van der Waals surface area contributed by atoms with Crippen LogP contribution in [0.5, 0.6) is 0 Å². The lowest BCUT2D eigenvalue weighted by Gasteiger charge is -2.02. The number of allylic oxidation sites excluding steroid dienone is 2.